The van der Waals surface area contributed by atoms with Gasteiger partial charge in [-0.1, -0.05) is 0 Å². The zero-order chi connectivity index (χ0) is 10.6. The summed E-state index contributed by atoms with van der Waals surface area (Å²) in [7, 11) is 1.61. The molecule has 1 amide bonds. The van der Waals surface area contributed by atoms with Gasteiger partial charge in [-0.25, -0.2) is 0 Å². The molecular weight excluding hydrogens is 178 g/mol. The van der Waals surface area contributed by atoms with Crippen LogP contribution in [0.1, 0.15) is 5.56 Å². The zero-order valence-electron chi connectivity index (χ0n) is 8.42. The van der Waals surface area contributed by atoms with Gasteiger partial charge in [0.25, 0.3) is 0 Å². The van der Waals surface area contributed by atoms with Crippen LogP contribution >= 0.6 is 0 Å². The average Bonchev–Trinajstić information content (AvgIpc) is 2.19. The van der Waals surface area contributed by atoms with Crippen LogP contribution < -0.4 is 16.4 Å². The van der Waals surface area contributed by atoms with Gasteiger partial charge in [0, 0.05) is 18.4 Å². The number of nitrogens with one attached hydrogen (secondary N) is 2. The quantitative estimate of drug-likeness (QED) is 0.620. The van der Waals surface area contributed by atoms with Gasteiger partial charge in [-0.05, 0) is 30.7 Å². The Hall–Kier alpha value is -1.71. The molecule has 0 radical (unpaired) electrons. The van der Waals surface area contributed by atoms with Crippen LogP contribution in [-0.4, -0.2) is 19.5 Å². The molecule has 0 atom stereocenters. The molecule has 0 bridgehead atoms. The van der Waals surface area contributed by atoms with E-state index in [4.69, 9.17) is 5.73 Å². The Morgan fingerprint density at radius 1 is 1.50 bits per heavy atom. The average molecular weight is 193 g/mol. The normalized spacial score (nSPS) is 9.57. The van der Waals surface area contributed by atoms with E-state index in [1.54, 1.807) is 7.05 Å². The molecule has 1 rings (SSSR count). The molecule has 0 saturated carbocycles. The van der Waals surface area contributed by atoms with Crippen LogP contribution in [-0.2, 0) is 4.79 Å². The molecule has 0 aromatic heterocycles. The number of hydrogen-bond acceptors (Lipinski definition) is 3. The smallest absolute Gasteiger partial charge is 0.239 e. The molecule has 0 aliphatic carbocycles. The molecular formula is C10H15N3O. The number of benzene rings is 1. The van der Waals surface area contributed by atoms with E-state index in [2.05, 4.69) is 10.6 Å². The second kappa shape index (κ2) is 4.50. The summed E-state index contributed by atoms with van der Waals surface area (Å²) in [6.07, 6.45) is 0. The molecule has 14 heavy (non-hydrogen) atoms. The van der Waals surface area contributed by atoms with Gasteiger partial charge in [0.05, 0.1) is 6.54 Å². The summed E-state index contributed by atoms with van der Waals surface area (Å²) in [5, 5.41) is 5.53. The molecule has 4 N–H and O–H groups in total. The first kappa shape index (κ1) is 10.4. The molecule has 0 heterocycles. The Labute approximate surface area is 83.5 Å². The third-order valence-electron chi connectivity index (χ3n) is 2.00. The van der Waals surface area contributed by atoms with Gasteiger partial charge in [0.15, 0.2) is 0 Å². The number of aryl methyl sites for hydroxylation is 1. The van der Waals surface area contributed by atoms with Gasteiger partial charge in [-0.2, -0.15) is 0 Å². The number of hydrogen-bond donors (Lipinski definition) is 3. The van der Waals surface area contributed by atoms with Crippen molar-refractivity contribution < 1.29 is 4.79 Å². The van der Waals surface area contributed by atoms with E-state index >= 15 is 0 Å². The number of carbonyl (C=O) groups is 1. The highest BCUT2D eigenvalue weighted by Crippen LogP contribution is 2.15. The minimum absolute atomic E-state index is 0.0421. The number of amides is 1. The topological polar surface area (TPSA) is 67.2 Å². The number of carbonyl (C=O) groups excluding carboxylic acids is 1. The van der Waals surface area contributed by atoms with Gasteiger partial charge >= 0.3 is 0 Å². The van der Waals surface area contributed by atoms with E-state index in [0.29, 0.717) is 0 Å². The van der Waals surface area contributed by atoms with Crippen molar-refractivity contribution in [3.05, 3.63) is 23.8 Å². The van der Waals surface area contributed by atoms with E-state index < -0.39 is 0 Å². The first-order valence-corrected chi connectivity index (χ1v) is 4.44. The Morgan fingerprint density at radius 2 is 2.21 bits per heavy atom. The van der Waals surface area contributed by atoms with Crippen LogP contribution in [0, 0.1) is 6.92 Å². The summed E-state index contributed by atoms with van der Waals surface area (Å²) in [4.78, 5) is 10.9. The third kappa shape index (κ3) is 2.65. The zero-order valence-corrected chi connectivity index (χ0v) is 8.42. The van der Waals surface area contributed by atoms with Gasteiger partial charge in [-0.15, -0.1) is 0 Å². The molecule has 0 unspecified atom stereocenters. The van der Waals surface area contributed by atoms with Gasteiger partial charge in [-0.3, -0.25) is 4.79 Å². The maximum atomic E-state index is 10.9. The van der Waals surface area contributed by atoms with Crippen LogP contribution in [0.15, 0.2) is 18.2 Å². The van der Waals surface area contributed by atoms with Crippen molar-refractivity contribution in [3.63, 3.8) is 0 Å². The second-order valence-electron chi connectivity index (χ2n) is 3.10. The van der Waals surface area contributed by atoms with E-state index in [9.17, 15) is 4.79 Å². The standard InChI is InChI=1S/C10H15N3O/c1-7-5-8(3-4-9(7)11)13-6-10(14)12-2/h3-5,13H,6,11H2,1-2H3,(H,12,14). The molecule has 0 aliphatic rings. The van der Waals surface area contributed by atoms with Crippen LogP contribution in [0.2, 0.25) is 0 Å². The highest BCUT2D eigenvalue weighted by molar-refractivity contribution is 5.80. The van der Waals surface area contributed by atoms with Crippen molar-refractivity contribution in [1.82, 2.24) is 5.32 Å². The SMILES string of the molecule is CNC(=O)CNc1ccc(N)c(C)c1. The predicted octanol–water partition coefficient (Wildman–Crippen LogP) is 0.735. The van der Waals surface area contributed by atoms with E-state index in [1.165, 1.54) is 0 Å². The first-order chi connectivity index (χ1) is 6.63. The fourth-order valence-electron chi connectivity index (χ4n) is 1.06. The van der Waals surface area contributed by atoms with Gasteiger partial charge < -0.3 is 16.4 Å². The summed E-state index contributed by atoms with van der Waals surface area (Å²) in [6.45, 7) is 2.21. The largest absolute Gasteiger partial charge is 0.399 e. The monoisotopic (exact) mass is 193 g/mol. The molecule has 0 saturated heterocycles. The maximum absolute atomic E-state index is 10.9. The molecule has 1 aromatic rings. The highest BCUT2D eigenvalue weighted by atomic mass is 16.1. The third-order valence-corrected chi connectivity index (χ3v) is 2.00. The fourth-order valence-corrected chi connectivity index (χ4v) is 1.06. The second-order valence-corrected chi connectivity index (χ2v) is 3.10. The summed E-state index contributed by atoms with van der Waals surface area (Å²) >= 11 is 0. The Balaban J connectivity index is 2.60. The number of anilines is 2. The minimum Gasteiger partial charge on any atom is -0.399 e. The van der Waals surface area contributed by atoms with E-state index in [0.717, 1.165) is 16.9 Å². The van der Waals surface area contributed by atoms with Crippen LogP contribution in [0.25, 0.3) is 0 Å². The van der Waals surface area contributed by atoms with Crippen LogP contribution in [0.4, 0.5) is 11.4 Å². The molecule has 0 aliphatic heterocycles. The lowest BCUT2D eigenvalue weighted by Crippen LogP contribution is -2.26. The summed E-state index contributed by atoms with van der Waals surface area (Å²) in [5.41, 5.74) is 8.33. The lowest BCUT2D eigenvalue weighted by molar-refractivity contribution is -0.118. The molecule has 4 nitrogen and oxygen atoms in total. The van der Waals surface area contributed by atoms with Crippen molar-refractivity contribution in [2.75, 3.05) is 24.6 Å². The van der Waals surface area contributed by atoms with E-state index in [-0.39, 0.29) is 12.5 Å². The van der Waals surface area contributed by atoms with Crippen molar-refractivity contribution in [2.45, 2.75) is 6.92 Å². The molecule has 1 aromatic carbocycles. The highest BCUT2D eigenvalue weighted by Gasteiger charge is 1.99. The Bertz CT molecular complexity index is 336. The summed E-state index contributed by atoms with van der Waals surface area (Å²) in [5.74, 6) is -0.0421. The van der Waals surface area contributed by atoms with Gasteiger partial charge in [0.1, 0.15) is 0 Å². The Kier molecular flexibility index (Phi) is 3.34. The van der Waals surface area contributed by atoms with Gasteiger partial charge in [0.2, 0.25) is 5.91 Å². The lowest BCUT2D eigenvalue weighted by atomic mass is 10.2. The fraction of sp³-hybridized carbons (Fsp3) is 0.300. The number of likely N-dealkylation sites (N-methyl/N-ethyl adjacent to an activating group) is 1. The van der Waals surface area contributed by atoms with Crippen LogP contribution in [0.3, 0.4) is 0 Å². The maximum Gasteiger partial charge on any atom is 0.239 e. The Morgan fingerprint density at radius 3 is 2.79 bits per heavy atom. The molecule has 0 spiro atoms. The van der Waals surface area contributed by atoms with Crippen molar-refractivity contribution in [3.8, 4) is 0 Å². The molecule has 76 valence electrons. The number of nitrogen functional groups attached to an aromatic ring is 1. The van der Waals surface area contributed by atoms with Crippen LogP contribution in [0.5, 0.6) is 0 Å². The van der Waals surface area contributed by atoms with Crippen molar-refractivity contribution >= 4 is 17.3 Å². The minimum atomic E-state index is -0.0421. The number of rotatable bonds is 3. The van der Waals surface area contributed by atoms with Crippen molar-refractivity contribution in [2.24, 2.45) is 0 Å². The summed E-state index contributed by atoms with van der Waals surface area (Å²) < 4.78 is 0. The lowest BCUT2D eigenvalue weighted by Gasteiger charge is -2.07. The summed E-state index contributed by atoms with van der Waals surface area (Å²) in [6, 6.07) is 5.59. The molecule has 0 fully saturated rings. The number of nitrogens with two attached hydrogens (primary N) is 1. The van der Waals surface area contributed by atoms with E-state index in [1.807, 2.05) is 25.1 Å². The first-order valence-electron chi connectivity index (χ1n) is 4.44. The van der Waals surface area contributed by atoms with Crippen molar-refractivity contribution in [1.29, 1.82) is 0 Å². The predicted molar refractivity (Wildman–Crippen MR) is 58.1 cm³/mol. The molecule has 4 heteroatoms.